The van der Waals surface area contributed by atoms with Gasteiger partial charge in [0.15, 0.2) is 5.60 Å². The number of hydrogen-bond donors (Lipinski definition) is 2. The lowest BCUT2D eigenvalue weighted by molar-refractivity contribution is -0.138. The maximum Gasteiger partial charge on any atom is 0.417 e. The first-order valence-corrected chi connectivity index (χ1v) is 7.08. The van der Waals surface area contributed by atoms with E-state index in [4.69, 9.17) is 5.26 Å². The maximum absolute atomic E-state index is 13.0. The third-order valence-corrected chi connectivity index (χ3v) is 3.39. The molecule has 0 saturated heterocycles. The van der Waals surface area contributed by atoms with Gasteiger partial charge in [-0.05, 0) is 30.3 Å². The second-order valence-electron chi connectivity index (χ2n) is 5.59. The average Bonchev–Trinajstić information content (AvgIpc) is 3.00. The Hall–Kier alpha value is -3.26. The molecule has 11 heteroatoms. The number of nitriles is 1. The molecule has 1 heterocycles. The van der Waals surface area contributed by atoms with E-state index in [-0.39, 0.29) is 17.9 Å². The predicted octanol–water partition coefficient (Wildman–Crippen LogP) is 2.56. The summed E-state index contributed by atoms with van der Waals surface area (Å²) < 4.78 is 39.9. The number of benzene rings is 1. The van der Waals surface area contributed by atoms with E-state index in [9.17, 15) is 28.0 Å². The fourth-order valence-electron chi connectivity index (χ4n) is 2.09. The van der Waals surface area contributed by atoms with Crippen LogP contribution in [0.5, 0.6) is 0 Å². The summed E-state index contributed by atoms with van der Waals surface area (Å²) >= 11 is 0. The quantitative estimate of drug-likeness (QED) is 0.787. The standard InChI is InChI=1S/C15H12F3N5O3/c1-14(25,8-23-7-11(22-26)6-20-23)13(24)21-10-3-2-9(5-19)12(4-10)15(16,17)18/h2-4,6-7,25H,8H2,1H3,(H,21,24). The van der Waals surface area contributed by atoms with Gasteiger partial charge in [-0.2, -0.15) is 23.5 Å². The predicted molar refractivity (Wildman–Crippen MR) is 83.1 cm³/mol. The molecular formula is C15H12F3N5O3. The molecule has 2 rings (SSSR count). The molecule has 1 aromatic heterocycles. The first-order valence-electron chi connectivity index (χ1n) is 7.08. The van der Waals surface area contributed by atoms with Gasteiger partial charge in [-0.3, -0.25) is 9.48 Å². The van der Waals surface area contributed by atoms with Gasteiger partial charge in [0.1, 0.15) is 5.69 Å². The number of amides is 1. The molecule has 1 atom stereocenters. The minimum absolute atomic E-state index is 0.0110. The van der Waals surface area contributed by atoms with Crippen molar-refractivity contribution in [1.29, 1.82) is 5.26 Å². The van der Waals surface area contributed by atoms with Crippen molar-refractivity contribution in [2.45, 2.75) is 25.2 Å². The van der Waals surface area contributed by atoms with Crippen LogP contribution in [0, 0.1) is 16.2 Å². The first-order chi connectivity index (χ1) is 12.1. The first kappa shape index (κ1) is 19.1. The van der Waals surface area contributed by atoms with Crippen LogP contribution in [0.2, 0.25) is 0 Å². The zero-order valence-electron chi connectivity index (χ0n) is 13.3. The molecule has 2 N–H and O–H groups in total. The van der Waals surface area contributed by atoms with Crippen molar-refractivity contribution in [3.63, 3.8) is 0 Å². The van der Waals surface area contributed by atoms with Gasteiger partial charge < -0.3 is 10.4 Å². The van der Waals surface area contributed by atoms with Crippen LogP contribution >= 0.6 is 0 Å². The molecule has 0 aliphatic carbocycles. The highest BCUT2D eigenvalue weighted by Crippen LogP contribution is 2.33. The Bertz CT molecular complexity index is 883. The van der Waals surface area contributed by atoms with Crippen LogP contribution in [0.15, 0.2) is 35.8 Å². The van der Waals surface area contributed by atoms with E-state index < -0.39 is 28.8 Å². The number of nitrogens with one attached hydrogen (secondary N) is 1. The van der Waals surface area contributed by atoms with Gasteiger partial charge in [0.05, 0.1) is 36.1 Å². The lowest BCUT2D eigenvalue weighted by Gasteiger charge is -2.22. The summed E-state index contributed by atoms with van der Waals surface area (Å²) in [6.07, 6.45) is -2.46. The molecule has 0 spiro atoms. The van der Waals surface area contributed by atoms with Gasteiger partial charge in [0.25, 0.3) is 5.91 Å². The van der Waals surface area contributed by atoms with Crippen LogP contribution in [0.1, 0.15) is 18.1 Å². The molecule has 1 unspecified atom stereocenters. The van der Waals surface area contributed by atoms with Crippen molar-refractivity contribution in [3.05, 3.63) is 46.6 Å². The van der Waals surface area contributed by atoms with E-state index in [1.807, 2.05) is 0 Å². The highest BCUT2D eigenvalue weighted by molar-refractivity contribution is 5.96. The molecule has 136 valence electrons. The van der Waals surface area contributed by atoms with E-state index in [0.717, 1.165) is 29.9 Å². The molecule has 8 nitrogen and oxygen atoms in total. The highest BCUT2D eigenvalue weighted by Gasteiger charge is 2.35. The Balaban J connectivity index is 2.20. The lowest BCUT2D eigenvalue weighted by Crippen LogP contribution is -2.43. The Morgan fingerprint density at radius 2 is 2.15 bits per heavy atom. The normalized spacial score (nSPS) is 13.5. The number of carbonyl (C=O) groups excluding carboxylic acids is 1. The van der Waals surface area contributed by atoms with Crippen LogP contribution < -0.4 is 5.32 Å². The summed E-state index contributed by atoms with van der Waals surface area (Å²) in [6, 6.07) is 4.07. The number of carbonyl (C=O) groups is 1. The van der Waals surface area contributed by atoms with Crippen LogP contribution in [0.25, 0.3) is 0 Å². The Kier molecular flexibility index (Phi) is 5.08. The summed E-state index contributed by atoms with van der Waals surface area (Å²) in [4.78, 5) is 22.6. The zero-order valence-corrected chi connectivity index (χ0v) is 13.3. The van der Waals surface area contributed by atoms with Gasteiger partial charge in [-0.15, -0.1) is 4.91 Å². The number of anilines is 1. The Labute approximate surface area is 144 Å². The van der Waals surface area contributed by atoms with Gasteiger partial charge in [0.2, 0.25) is 0 Å². The lowest BCUT2D eigenvalue weighted by atomic mass is 10.0. The van der Waals surface area contributed by atoms with Crippen molar-refractivity contribution in [1.82, 2.24) is 9.78 Å². The summed E-state index contributed by atoms with van der Waals surface area (Å²) in [5, 5.41) is 27.5. The number of nitroso groups, excluding NO2 is 1. The molecule has 26 heavy (non-hydrogen) atoms. The fourth-order valence-corrected chi connectivity index (χ4v) is 2.09. The largest absolute Gasteiger partial charge is 0.417 e. The molecule has 2 aromatic rings. The van der Waals surface area contributed by atoms with E-state index >= 15 is 0 Å². The minimum atomic E-state index is -4.78. The monoisotopic (exact) mass is 367 g/mol. The molecule has 0 aliphatic heterocycles. The van der Waals surface area contributed by atoms with Crippen LogP contribution in [0.4, 0.5) is 24.5 Å². The molecule has 1 aromatic carbocycles. The second-order valence-corrected chi connectivity index (χ2v) is 5.59. The molecule has 1 amide bonds. The third-order valence-electron chi connectivity index (χ3n) is 3.39. The van der Waals surface area contributed by atoms with Crippen molar-refractivity contribution >= 4 is 17.3 Å². The molecule has 0 radical (unpaired) electrons. The minimum Gasteiger partial charge on any atom is -0.378 e. The van der Waals surface area contributed by atoms with Crippen LogP contribution in [0.3, 0.4) is 0 Å². The number of aromatic nitrogens is 2. The summed E-state index contributed by atoms with van der Waals surface area (Å²) in [7, 11) is 0. The van der Waals surface area contributed by atoms with E-state index in [0.29, 0.717) is 6.07 Å². The highest BCUT2D eigenvalue weighted by atomic mass is 19.4. The summed E-state index contributed by atoms with van der Waals surface area (Å²) in [5.41, 5.74) is -4.09. The molecule has 0 bridgehead atoms. The average molecular weight is 367 g/mol. The number of rotatable bonds is 5. The van der Waals surface area contributed by atoms with E-state index in [1.165, 1.54) is 12.3 Å². The van der Waals surface area contributed by atoms with Gasteiger partial charge in [-0.1, -0.05) is 0 Å². The van der Waals surface area contributed by atoms with E-state index in [1.54, 1.807) is 0 Å². The number of alkyl halides is 3. The smallest absolute Gasteiger partial charge is 0.378 e. The van der Waals surface area contributed by atoms with Crippen molar-refractivity contribution in [3.8, 4) is 6.07 Å². The van der Waals surface area contributed by atoms with Crippen molar-refractivity contribution in [2.24, 2.45) is 5.18 Å². The van der Waals surface area contributed by atoms with Crippen molar-refractivity contribution < 1.29 is 23.1 Å². The van der Waals surface area contributed by atoms with Crippen molar-refractivity contribution in [2.75, 3.05) is 5.32 Å². The van der Waals surface area contributed by atoms with Gasteiger partial charge in [-0.25, -0.2) is 0 Å². The maximum atomic E-state index is 13.0. The van der Waals surface area contributed by atoms with Crippen LogP contribution in [-0.4, -0.2) is 26.4 Å². The number of aliphatic hydroxyl groups is 1. The van der Waals surface area contributed by atoms with E-state index in [2.05, 4.69) is 15.6 Å². The molecular weight excluding hydrogens is 355 g/mol. The van der Waals surface area contributed by atoms with Gasteiger partial charge in [0, 0.05) is 5.69 Å². The van der Waals surface area contributed by atoms with Crippen LogP contribution in [-0.2, 0) is 17.5 Å². The number of nitrogens with zero attached hydrogens (tertiary/aromatic N) is 4. The number of hydrogen-bond acceptors (Lipinski definition) is 6. The number of halogens is 3. The topological polar surface area (TPSA) is 120 Å². The Morgan fingerprint density at radius 3 is 2.69 bits per heavy atom. The second kappa shape index (κ2) is 6.93. The zero-order chi connectivity index (χ0) is 19.5. The summed E-state index contributed by atoms with van der Waals surface area (Å²) in [5.74, 6) is -0.994. The summed E-state index contributed by atoms with van der Waals surface area (Å²) in [6.45, 7) is 0.767. The van der Waals surface area contributed by atoms with Gasteiger partial charge >= 0.3 is 6.18 Å². The third kappa shape index (κ3) is 4.22. The Morgan fingerprint density at radius 1 is 1.46 bits per heavy atom. The molecule has 0 fully saturated rings. The SMILES string of the molecule is CC(O)(Cn1cc(N=O)cn1)C(=O)Nc1ccc(C#N)c(C(F)(F)F)c1. The molecule has 0 aliphatic rings. The molecule has 0 saturated carbocycles. The fraction of sp³-hybridized carbons (Fsp3) is 0.267.